The molecule has 1 saturated heterocycles. The van der Waals surface area contributed by atoms with Crippen LogP contribution >= 0.6 is 0 Å². The minimum atomic E-state index is -0.0525. The van der Waals surface area contributed by atoms with Crippen LogP contribution in [0.15, 0.2) is 0 Å². The number of rotatable bonds is 4. The SMILES string of the molecule is C#CCNC(=O)CN1CCOC(C(C)N)C1. The summed E-state index contributed by atoms with van der Waals surface area (Å²) in [6, 6.07) is -0.0171. The average molecular weight is 225 g/mol. The molecular formula is C11H19N3O2. The van der Waals surface area contributed by atoms with E-state index in [0.29, 0.717) is 19.7 Å². The van der Waals surface area contributed by atoms with Gasteiger partial charge in [-0.2, -0.15) is 0 Å². The lowest BCUT2D eigenvalue weighted by molar-refractivity contribution is -0.124. The smallest absolute Gasteiger partial charge is 0.234 e. The minimum absolute atomic E-state index is 0.00850. The summed E-state index contributed by atoms with van der Waals surface area (Å²) in [7, 11) is 0. The number of ether oxygens (including phenoxy) is 1. The van der Waals surface area contributed by atoms with Crippen LogP contribution in [0.2, 0.25) is 0 Å². The van der Waals surface area contributed by atoms with E-state index in [0.717, 1.165) is 6.54 Å². The molecule has 5 nitrogen and oxygen atoms in total. The van der Waals surface area contributed by atoms with Gasteiger partial charge < -0.3 is 15.8 Å². The Morgan fingerprint density at radius 2 is 2.56 bits per heavy atom. The van der Waals surface area contributed by atoms with Crippen LogP contribution in [0.4, 0.5) is 0 Å². The quantitative estimate of drug-likeness (QED) is 0.589. The maximum atomic E-state index is 11.4. The third-order valence-electron chi connectivity index (χ3n) is 2.52. The fraction of sp³-hybridized carbons (Fsp3) is 0.727. The van der Waals surface area contributed by atoms with E-state index in [1.165, 1.54) is 0 Å². The van der Waals surface area contributed by atoms with E-state index in [1.54, 1.807) is 0 Å². The molecule has 0 aromatic carbocycles. The standard InChI is InChI=1S/C11H19N3O2/c1-3-4-13-11(15)8-14-5-6-16-10(7-14)9(2)12/h1,9-10H,4-8,12H2,2H3,(H,13,15). The molecule has 1 fully saturated rings. The largest absolute Gasteiger partial charge is 0.374 e. The van der Waals surface area contributed by atoms with Gasteiger partial charge in [0.05, 0.1) is 25.8 Å². The lowest BCUT2D eigenvalue weighted by atomic mass is 10.1. The van der Waals surface area contributed by atoms with Crippen molar-refractivity contribution in [3.8, 4) is 12.3 Å². The first-order valence-electron chi connectivity index (χ1n) is 5.43. The van der Waals surface area contributed by atoms with Gasteiger partial charge in [-0.05, 0) is 6.92 Å². The van der Waals surface area contributed by atoms with Gasteiger partial charge in [0.2, 0.25) is 5.91 Å². The van der Waals surface area contributed by atoms with Crippen LogP contribution in [0, 0.1) is 12.3 Å². The molecule has 0 aromatic rings. The Hall–Kier alpha value is -1.09. The van der Waals surface area contributed by atoms with Crippen molar-refractivity contribution in [2.75, 3.05) is 32.8 Å². The van der Waals surface area contributed by atoms with Crippen molar-refractivity contribution in [1.29, 1.82) is 0 Å². The number of hydrogen-bond donors (Lipinski definition) is 2. The van der Waals surface area contributed by atoms with Crippen molar-refractivity contribution < 1.29 is 9.53 Å². The Labute approximate surface area is 96.3 Å². The molecule has 1 rings (SSSR count). The molecular weight excluding hydrogens is 206 g/mol. The molecule has 0 saturated carbocycles. The van der Waals surface area contributed by atoms with Crippen molar-refractivity contribution in [2.24, 2.45) is 5.73 Å². The molecule has 1 heterocycles. The first-order chi connectivity index (χ1) is 7.63. The third-order valence-corrected chi connectivity index (χ3v) is 2.52. The van der Waals surface area contributed by atoms with Gasteiger partial charge >= 0.3 is 0 Å². The highest BCUT2D eigenvalue weighted by Gasteiger charge is 2.24. The van der Waals surface area contributed by atoms with E-state index in [4.69, 9.17) is 16.9 Å². The number of hydrogen-bond acceptors (Lipinski definition) is 4. The molecule has 3 N–H and O–H groups in total. The average Bonchev–Trinajstić information content (AvgIpc) is 2.26. The lowest BCUT2D eigenvalue weighted by Crippen LogP contribution is -2.51. The van der Waals surface area contributed by atoms with Gasteiger partial charge in [0, 0.05) is 19.1 Å². The summed E-state index contributed by atoms with van der Waals surface area (Å²) in [5.74, 6) is 2.32. The van der Waals surface area contributed by atoms with Crippen LogP contribution < -0.4 is 11.1 Å². The van der Waals surface area contributed by atoms with Gasteiger partial charge in [0.15, 0.2) is 0 Å². The second-order valence-electron chi connectivity index (χ2n) is 3.98. The summed E-state index contributed by atoms with van der Waals surface area (Å²) in [5, 5.41) is 2.63. The molecule has 2 unspecified atom stereocenters. The van der Waals surface area contributed by atoms with Gasteiger partial charge in [0.1, 0.15) is 0 Å². The summed E-state index contributed by atoms with van der Waals surface area (Å²) in [5.41, 5.74) is 5.76. The molecule has 0 aliphatic carbocycles. The summed E-state index contributed by atoms with van der Waals surface area (Å²) >= 11 is 0. The second kappa shape index (κ2) is 6.48. The molecule has 16 heavy (non-hydrogen) atoms. The van der Waals surface area contributed by atoms with Crippen LogP contribution in [0.5, 0.6) is 0 Å². The highest BCUT2D eigenvalue weighted by Crippen LogP contribution is 2.06. The summed E-state index contributed by atoms with van der Waals surface area (Å²) in [6.07, 6.45) is 5.07. The maximum Gasteiger partial charge on any atom is 0.234 e. The predicted octanol–water partition coefficient (Wildman–Crippen LogP) is -1.22. The van der Waals surface area contributed by atoms with Crippen molar-refractivity contribution in [2.45, 2.75) is 19.1 Å². The Morgan fingerprint density at radius 1 is 1.81 bits per heavy atom. The Morgan fingerprint density at radius 3 is 3.19 bits per heavy atom. The van der Waals surface area contributed by atoms with Crippen LogP contribution in [0.1, 0.15) is 6.92 Å². The van der Waals surface area contributed by atoms with Crippen molar-refractivity contribution in [3.63, 3.8) is 0 Å². The summed E-state index contributed by atoms with van der Waals surface area (Å²) in [6.45, 7) is 4.61. The van der Waals surface area contributed by atoms with Crippen molar-refractivity contribution in [3.05, 3.63) is 0 Å². The molecule has 1 aliphatic heterocycles. The fourth-order valence-electron chi connectivity index (χ4n) is 1.60. The lowest BCUT2D eigenvalue weighted by Gasteiger charge is -2.34. The summed E-state index contributed by atoms with van der Waals surface area (Å²) < 4.78 is 5.50. The van der Waals surface area contributed by atoms with Crippen LogP contribution in [-0.4, -0.2) is 55.7 Å². The molecule has 0 radical (unpaired) electrons. The highest BCUT2D eigenvalue weighted by molar-refractivity contribution is 5.78. The zero-order valence-electron chi connectivity index (χ0n) is 9.61. The summed E-state index contributed by atoms with van der Waals surface area (Å²) in [4.78, 5) is 13.5. The van der Waals surface area contributed by atoms with Crippen LogP contribution in [0.25, 0.3) is 0 Å². The first-order valence-corrected chi connectivity index (χ1v) is 5.43. The van der Waals surface area contributed by atoms with Gasteiger partial charge in [-0.3, -0.25) is 9.69 Å². The second-order valence-corrected chi connectivity index (χ2v) is 3.98. The predicted molar refractivity (Wildman–Crippen MR) is 61.7 cm³/mol. The van der Waals surface area contributed by atoms with Crippen molar-refractivity contribution in [1.82, 2.24) is 10.2 Å². The number of carbonyl (C=O) groups is 1. The van der Waals surface area contributed by atoms with Gasteiger partial charge in [-0.15, -0.1) is 6.42 Å². The first kappa shape index (κ1) is 13.0. The zero-order chi connectivity index (χ0) is 12.0. The van der Waals surface area contributed by atoms with E-state index in [9.17, 15) is 4.79 Å². The molecule has 0 spiro atoms. The molecule has 90 valence electrons. The molecule has 1 aliphatic rings. The number of carbonyl (C=O) groups excluding carboxylic acids is 1. The number of terminal acetylenes is 1. The molecule has 2 atom stereocenters. The van der Waals surface area contributed by atoms with Gasteiger partial charge in [0.25, 0.3) is 0 Å². The number of morpholine rings is 1. The monoisotopic (exact) mass is 225 g/mol. The Bertz CT molecular complexity index is 273. The fourth-order valence-corrected chi connectivity index (χ4v) is 1.60. The Balaban J connectivity index is 2.31. The van der Waals surface area contributed by atoms with E-state index in [2.05, 4.69) is 11.2 Å². The van der Waals surface area contributed by atoms with Gasteiger partial charge in [-0.25, -0.2) is 0 Å². The van der Waals surface area contributed by atoms with E-state index >= 15 is 0 Å². The maximum absolute atomic E-state index is 11.4. The van der Waals surface area contributed by atoms with E-state index < -0.39 is 0 Å². The third kappa shape index (κ3) is 4.19. The number of nitrogens with zero attached hydrogens (tertiary/aromatic N) is 1. The van der Waals surface area contributed by atoms with Crippen molar-refractivity contribution >= 4 is 5.91 Å². The number of nitrogens with two attached hydrogens (primary N) is 1. The molecule has 0 bridgehead atoms. The van der Waals surface area contributed by atoms with Crippen LogP contribution in [0.3, 0.4) is 0 Å². The number of nitrogens with one attached hydrogen (secondary N) is 1. The van der Waals surface area contributed by atoms with Crippen LogP contribution in [-0.2, 0) is 9.53 Å². The van der Waals surface area contributed by atoms with E-state index in [1.807, 2.05) is 11.8 Å². The normalized spacial score (nSPS) is 23.4. The molecule has 0 aromatic heterocycles. The molecule has 5 heteroatoms. The number of amides is 1. The minimum Gasteiger partial charge on any atom is -0.374 e. The van der Waals surface area contributed by atoms with E-state index in [-0.39, 0.29) is 24.6 Å². The Kier molecular flexibility index (Phi) is 5.26. The zero-order valence-corrected chi connectivity index (χ0v) is 9.61. The topological polar surface area (TPSA) is 67.6 Å². The van der Waals surface area contributed by atoms with Gasteiger partial charge in [-0.1, -0.05) is 5.92 Å². The highest BCUT2D eigenvalue weighted by atomic mass is 16.5. The molecule has 1 amide bonds.